The number of thiophene rings is 1. The maximum atomic E-state index is 12.5. The highest BCUT2D eigenvalue weighted by Crippen LogP contribution is 2.32. The molecule has 1 aromatic rings. The molecule has 0 radical (unpaired) electrons. The van der Waals surface area contributed by atoms with Crippen molar-refractivity contribution in [1.29, 1.82) is 0 Å². The minimum absolute atomic E-state index is 0.00370. The Morgan fingerprint density at radius 2 is 2.00 bits per heavy atom. The Morgan fingerprint density at radius 1 is 1.25 bits per heavy atom. The van der Waals surface area contributed by atoms with E-state index in [-0.39, 0.29) is 12.5 Å². The third-order valence-corrected chi connectivity index (χ3v) is 5.46. The predicted octanol–water partition coefficient (Wildman–Crippen LogP) is 2.51. The van der Waals surface area contributed by atoms with Gasteiger partial charge in [-0.15, -0.1) is 11.3 Å². The van der Waals surface area contributed by atoms with Gasteiger partial charge in [-0.2, -0.15) is 0 Å². The molecule has 1 aromatic heterocycles. The first-order chi connectivity index (χ1) is 9.47. The van der Waals surface area contributed by atoms with Gasteiger partial charge >= 0.3 is 5.97 Å². The summed E-state index contributed by atoms with van der Waals surface area (Å²) in [7, 11) is 0. The molecular weight excluding hydrogens is 412 g/mol. The molecule has 0 atom stereocenters. The molecule has 0 bridgehead atoms. The van der Waals surface area contributed by atoms with Crippen LogP contribution in [0.4, 0.5) is 0 Å². The van der Waals surface area contributed by atoms with Crippen LogP contribution in [0.5, 0.6) is 0 Å². The molecule has 0 spiro atoms. The smallest absolute Gasteiger partial charge is 0.317 e. The van der Waals surface area contributed by atoms with E-state index in [0.717, 1.165) is 14.0 Å². The Bertz CT molecular complexity index is 521. The molecule has 1 aliphatic rings. The second kappa shape index (κ2) is 7.02. The molecule has 1 N–H and O–H groups in total. The molecule has 0 aliphatic carbocycles. The molecule has 110 valence electrons. The Balaban J connectivity index is 2.01. The number of carboxylic acids is 1. The first-order valence-corrected chi connectivity index (χ1v) is 8.56. The zero-order valence-corrected chi connectivity index (χ0v) is 14.6. The minimum Gasteiger partial charge on any atom is -0.480 e. The van der Waals surface area contributed by atoms with Gasteiger partial charge in [-0.05, 0) is 44.3 Å². The lowest BCUT2D eigenvalue weighted by molar-refractivity contribution is -0.138. The van der Waals surface area contributed by atoms with E-state index < -0.39 is 5.97 Å². The van der Waals surface area contributed by atoms with Gasteiger partial charge in [-0.3, -0.25) is 14.5 Å². The molecule has 1 fully saturated rings. The van der Waals surface area contributed by atoms with Crippen molar-refractivity contribution in [3.63, 3.8) is 0 Å². The van der Waals surface area contributed by atoms with E-state index in [0.29, 0.717) is 31.7 Å². The fourth-order valence-electron chi connectivity index (χ4n) is 2.18. The monoisotopic (exact) mass is 424 g/mol. The molecular formula is C12H14Br2N2O3S. The zero-order chi connectivity index (χ0) is 14.7. The summed E-state index contributed by atoms with van der Waals surface area (Å²) in [5.41, 5.74) is 0.661. The minimum atomic E-state index is -0.825. The van der Waals surface area contributed by atoms with Gasteiger partial charge in [0.15, 0.2) is 0 Å². The summed E-state index contributed by atoms with van der Waals surface area (Å²) in [5.74, 6) is -0.828. The second-order valence-electron chi connectivity index (χ2n) is 4.55. The number of amides is 1. The highest BCUT2D eigenvalue weighted by Gasteiger charge is 2.23. The van der Waals surface area contributed by atoms with Crippen LogP contribution >= 0.6 is 43.2 Å². The number of halogens is 2. The van der Waals surface area contributed by atoms with Gasteiger partial charge in [0.2, 0.25) is 0 Å². The maximum Gasteiger partial charge on any atom is 0.317 e. The van der Waals surface area contributed by atoms with E-state index >= 15 is 0 Å². The van der Waals surface area contributed by atoms with Crippen LogP contribution in [0.3, 0.4) is 0 Å². The molecule has 5 nitrogen and oxygen atoms in total. The van der Waals surface area contributed by atoms with E-state index in [1.165, 1.54) is 11.3 Å². The van der Waals surface area contributed by atoms with Crippen molar-refractivity contribution in [2.45, 2.75) is 6.42 Å². The third kappa shape index (κ3) is 4.03. The van der Waals surface area contributed by atoms with Crippen molar-refractivity contribution in [2.75, 3.05) is 32.7 Å². The van der Waals surface area contributed by atoms with Gasteiger partial charge in [-0.25, -0.2) is 0 Å². The van der Waals surface area contributed by atoms with Crippen LogP contribution in [0.25, 0.3) is 0 Å². The number of nitrogens with zero attached hydrogens (tertiary/aromatic N) is 2. The fourth-order valence-corrected chi connectivity index (χ4v) is 4.96. The first kappa shape index (κ1) is 15.9. The second-order valence-corrected chi connectivity index (χ2v) is 8.30. The van der Waals surface area contributed by atoms with Gasteiger partial charge in [0.25, 0.3) is 5.91 Å². The summed E-state index contributed by atoms with van der Waals surface area (Å²) in [6.07, 6.45) is 0.794. The Hall–Kier alpha value is -0.440. The maximum absolute atomic E-state index is 12.5. The summed E-state index contributed by atoms with van der Waals surface area (Å²) >= 11 is 8.25. The van der Waals surface area contributed by atoms with Crippen LogP contribution in [0.1, 0.15) is 16.8 Å². The number of hydrogen-bond acceptors (Lipinski definition) is 4. The van der Waals surface area contributed by atoms with Crippen LogP contribution in [-0.4, -0.2) is 59.5 Å². The van der Waals surface area contributed by atoms with E-state index in [1.807, 2.05) is 11.0 Å². The fraction of sp³-hybridized carbons (Fsp3) is 0.500. The van der Waals surface area contributed by atoms with Crippen molar-refractivity contribution in [1.82, 2.24) is 9.80 Å². The molecule has 20 heavy (non-hydrogen) atoms. The highest BCUT2D eigenvalue weighted by atomic mass is 79.9. The molecule has 1 saturated heterocycles. The van der Waals surface area contributed by atoms with Crippen molar-refractivity contribution >= 4 is 55.1 Å². The lowest BCUT2D eigenvalue weighted by Crippen LogP contribution is -2.36. The van der Waals surface area contributed by atoms with Crippen molar-refractivity contribution in [3.8, 4) is 0 Å². The number of rotatable bonds is 3. The van der Waals surface area contributed by atoms with Crippen LogP contribution in [0.15, 0.2) is 13.6 Å². The Morgan fingerprint density at radius 3 is 2.60 bits per heavy atom. The summed E-state index contributed by atoms with van der Waals surface area (Å²) in [4.78, 5) is 26.9. The lowest BCUT2D eigenvalue weighted by atomic mass is 10.3. The SMILES string of the molecule is O=C(O)CN1CCCN(C(=O)c2cc(Br)sc2Br)CC1. The lowest BCUT2D eigenvalue weighted by Gasteiger charge is -2.21. The molecule has 0 saturated carbocycles. The number of aliphatic carboxylic acids is 1. The van der Waals surface area contributed by atoms with Crippen LogP contribution in [0, 0.1) is 0 Å². The normalized spacial score (nSPS) is 17.0. The van der Waals surface area contributed by atoms with Crippen molar-refractivity contribution in [2.24, 2.45) is 0 Å². The summed E-state index contributed by atoms with van der Waals surface area (Å²) in [6, 6.07) is 1.82. The topological polar surface area (TPSA) is 60.9 Å². The Labute approximate surface area is 137 Å². The number of carbonyl (C=O) groups is 2. The van der Waals surface area contributed by atoms with E-state index in [9.17, 15) is 9.59 Å². The van der Waals surface area contributed by atoms with Crippen molar-refractivity contribution in [3.05, 3.63) is 19.2 Å². The van der Waals surface area contributed by atoms with E-state index in [2.05, 4.69) is 31.9 Å². The largest absolute Gasteiger partial charge is 0.480 e. The molecule has 2 heterocycles. The number of carboxylic acid groups (broad SMARTS) is 1. The summed E-state index contributed by atoms with van der Waals surface area (Å²) in [6.45, 7) is 2.57. The quantitative estimate of drug-likeness (QED) is 0.808. The average molecular weight is 426 g/mol. The van der Waals surface area contributed by atoms with Gasteiger partial charge in [-0.1, -0.05) is 0 Å². The van der Waals surface area contributed by atoms with Gasteiger partial charge in [0, 0.05) is 26.2 Å². The summed E-state index contributed by atoms with van der Waals surface area (Å²) < 4.78 is 1.73. The van der Waals surface area contributed by atoms with Crippen molar-refractivity contribution < 1.29 is 14.7 Å². The van der Waals surface area contributed by atoms with Gasteiger partial charge < -0.3 is 10.0 Å². The summed E-state index contributed by atoms with van der Waals surface area (Å²) in [5, 5.41) is 8.82. The molecule has 1 aliphatic heterocycles. The van der Waals surface area contributed by atoms with Crippen LogP contribution in [0.2, 0.25) is 0 Å². The zero-order valence-electron chi connectivity index (χ0n) is 10.6. The standard InChI is InChI=1S/C12H14Br2N2O3S/c13-9-6-8(11(14)20-9)12(19)16-3-1-2-15(4-5-16)7-10(17)18/h6H,1-5,7H2,(H,17,18). The molecule has 0 aromatic carbocycles. The molecule has 1 amide bonds. The third-order valence-electron chi connectivity index (χ3n) is 3.12. The van der Waals surface area contributed by atoms with Gasteiger partial charge in [0.1, 0.15) is 0 Å². The molecule has 2 rings (SSSR count). The first-order valence-electron chi connectivity index (χ1n) is 6.15. The molecule has 8 heteroatoms. The van der Waals surface area contributed by atoms with E-state index in [4.69, 9.17) is 5.11 Å². The molecule has 0 unspecified atom stereocenters. The predicted molar refractivity (Wildman–Crippen MR) is 84.3 cm³/mol. The van der Waals surface area contributed by atoms with Gasteiger partial charge in [0.05, 0.1) is 19.7 Å². The number of carbonyl (C=O) groups excluding carboxylic acids is 1. The van der Waals surface area contributed by atoms with Crippen LogP contribution in [-0.2, 0) is 4.79 Å². The number of hydrogen-bond donors (Lipinski definition) is 1. The average Bonchev–Trinajstić information content (AvgIpc) is 2.58. The van der Waals surface area contributed by atoms with E-state index in [1.54, 1.807) is 4.90 Å². The Kier molecular flexibility index (Phi) is 5.59. The van der Waals surface area contributed by atoms with Crippen LogP contribution < -0.4 is 0 Å². The highest BCUT2D eigenvalue weighted by molar-refractivity contribution is 9.12.